The van der Waals surface area contributed by atoms with Crippen LogP contribution in [0.25, 0.3) is 0 Å². The van der Waals surface area contributed by atoms with E-state index in [0.29, 0.717) is 16.8 Å². The van der Waals surface area contributed by atoms with Gasteiger partial charge in [-0.2, -0.15) is 0 Å². The second kappa shape index (κ2) is 5.40. The molecule has 1 aromatic heterocycles. The zero-order valence-electron chi connectivity index (χ0n) is 10.1. The first-order chi connectivity index (χ1) is 8.65. The minimum absolute atomic E-state index is 0.291. The van der Waals surface area contributed by atoms with Crippen LogP contribution >= 0.6 is 11.8 Å². The molecule has 98 valence electrons. The highest BCUT2D eigenvalue weighted by atomic mass is 32.2. The van der Waals surface area contributed by atoms with Gasteiger partial charge in [-0.25, -0.2) is 15.8 Å². The van der Waals surface area contributed by atoms with Gasteiger partial charge in [0.1, 0.15) is 17.7 Å². The minimum atomic E-state index is -0.320. The van der Waals surface area contributed by atoms with Crippen LogP contribution in [0.15, 0.2) is 11.2 Å². The van der Waals surface area contributed by atoms with Gasteiger partial charge in [0.05, 0.1) is 0 Å². The Kier molecular flexibility index (Phi) is 3.87. The maximum Gasteiger partial charge on any atom is 0.240 e. The Bertz CT molecular complexity index is 432. The third-order valence-electron chi connectivity index (χ3n) is 2.90. The topological polar surface area (TPSA) is 110 Å². The van der Waals surface area contributed by atoms with Crippen LogP contribution in [0.3, 0.4) is 0 Å². The molecule has 1 aliphatic heterocycles. The molecule has 1 aromatic rings. The first-order valence-electron chi connectivity index (χ1n) is 5.61. The molecule has 0 aromatic carbocycles. The van der Waals surface area contributed by atoms with E-state index in [2.05, 4.69) is 15.4 Å². The highest BCUT2D eigenvalue weighted by molar-refractivity contribution is 7.98. The van der Waals surface area contributed by atoms with Crippen LogP contribution in [0.5, 0.6) is 0 Å². The SMILES string of the molecule is CSc1nc(NN)cc(N2CCCC2C(N)=O)n1. The smallest absolute Gasteiger partial charge is 0.240 e. The fourth-order valence-corrected chi connectivity index (χ4v) is 2.44. The van der Waals surface area contributed by atoms with E-state index in [1.165, 1.54) is 11.8 Å². The van der Waals surface area contributed by atoms with Crippen LogP contribution in [0.2, 0.25) is 0 Å². The zero-order valence-corrected chi connectivity index (χ0v) is 10.9. The molecule has 5 N–H and O–H groups in total. The van der Waals surface area contributed by atoms with Crippen LogP contribution < -0.4 is 21.9 Å². The van der Waals surface area contributed by atoms with Gasteiger partial charge in [0.2, 0.25) is 5.91 Å². The van der Waals surface area contributed by atoms with Gasteiger partial charge in [0, 0.05) is 12.6 Å². The minimum Gasteiger partial charge on any atom is -0.368 e. The van der Waals surface area contributed by atoms with E-state index in [9.17, 15) is 4.79 Å². The van der Waals surface area contributed by atoms with Crippen LogP contribution in [-0.2, 0) is 4.79 Å². The Labute approximate surface area is 109 Å². The highest BCUT2D eigenvalue weighted by Gasteiger charge is 2.30. The number of nitrogens with one attached hydrogen (secondary N) is 1. The number of nitrogens with zero attached hydrogens (tertiary/aromatic N) is 3. The third kappa shape index (κ3) is 2.49. The molecule has 0 saturated carbocycles. The molecule has 2 rings (SSSR count). The van der Waals surface area contributed by atoms with Crippen molar-refractivity contribution in [3.05, 3.63) is 6.07 Å². The molecular weight excluding hydrogens is 252 g/mol. The lowest BCUT2D eigenvalue weighted by atomic mass is 10.2. The van der Waals surface area contributed by atoms with Crippen molar-refractivity contribution in [1.29, 1.82) is 0 Å². The summed E-state index contributed by atoms with van der Waals surface area (Å²) in [6.45, 7) is 0.766. The number of thioether (sulfide) groups is 1. The third-order valence-corrected chi connectivity index (χ3v) is 3.45. The summed E-state index contributed by atoms with van der Waals surface area (Å²) in [5.74, 6) is 6.27. The molecule has 0 bridgehead atoms. The van der Waals surface area contributed by atoms with Crippen molar-refractivity contribution in [3.8, 4) is 0 Å². The molecule has 8 heteroatoms. The highest BCUT2D eigenvalue weighted by Crippen LogP contribution is 2.26. The Hall–Kier alpha value is -1.54. The Morgan fingerprint density at radius 2 is 2.39 bits per heavy atom. The van der Waals surface area contributed by atoms with Gasteiger partial charge in [-0.05, 0) is 19.1 Å². The molecule has 1 atom stereocenters. The number of primary amides is 1. The average molecular weight is 268 g/mol. The Morgan fingerprint density at radius 1 is 1.61 bits per heavy atom. The number of aromatic nitrogens is 2. The summed E-state index contributed by atoms with van der Waals surface area (Å²) in [5, 5.41) is 0.607. The molecule has 1 saturated heterocycles. The van der Waals surface area contributed by atoms with E-state index in [-0.39, 0.29) is 11.9 Å². The van der Waals surface area contributed by atoms with Gasteiger partial charge < -0.3 is 16.1 Å². The zero-order chi connectivity index (χ0) is 13.1. The fraction of sp³-hybridized carbons (Fsp3) is 0.500. The first-order valence-corrected chi connectivity index (χ1v) is 6.84. The van der Waals surface area contributed by atoms with Crippen LogP contribution in [0, 0.1) is 0 Å². The second-order valence-electron chi connectivity index (χ2n) is 4.00. The number of rotatable bonds is 4. The van der Waals surface area contributed by atoms with Crippen molar-refractivity contribution < 1.29 is 4.79 Å². The van der Waals surface area contributed by atoms with E-state index in [4.69, 9.17) is 11.6 Å². The summed E-state index contributed by atoms with van der Waals surface area (Å²) in [7, 11) is 0. The monoisotopic (exact) mass is 268 g/mol. The normalized spacial score (nSPS) is 19.0. The number of anilines is 2. The molecule has 0 spiro atoms. The number of hydrogen-bond acceptors (Lipinski definition) is 7. The molecule has 7 nitrogen and oxygen atoms in total. The summed E-state index contributed by atoms with van der Waals surface area (Å²) in [5.41, 5.74) is 7.90. The molecule has 0 aliphatic carbocycles. The maximum atomic E-state index is 11.4. The number of nitrogen functional groups attached to an aromatic ring is 1. The Balaban J connectivity index is 2.34. The van der Waals surface area contributed by atoms with E-state index in [1.807, 2.05) is 11.2 Å². The molecule has 1 fully saturated rings. The molecule has 1 unspecified atom stereocenters. The summed E-state index contributed by atoms with van der Waals surface area (Å²) in [6.07, 6.45) is 3.58. The maximum absolute atomic E-state index is 11.4. The van der Waals surface area contributed by atoms with Gasteiger partial charge >= 0.3 is 0 Å². The van der Waals surface area contributed by atoms with Crippen LogP contribution in [-0.4, -0.2) is 34.7 Å². The summed E-state index contributed by atoms with van der Waals surface area (Å²) in [4.78, 5) is 21.9. The van der Waals surface area contributed by atoms with E-state index in [0.717, 1.165) is 19.4 Å². The number of hydrogen-bond donors (Lipinski definition) is 3. The van der Waals surface area contributed by atoms with Crippen molar-refractivity contribution in [2.24, 2.45) is 11.6 Å². The number of hydrazine groups is 1. The van der Waals surface area contributed by atoms with Crippen molar-refractivity contribution in [2.75, 3.05) is 23.1 Å². The molecular formula is C10H16N6OS. The number of carbonyl (C=O) groups excluding carboxylic acids is 1. The van der Waals surface area contributed by atoms with Gasteiger partial charge in [0.15, 0.2) is 5.16 Å². The molecule has 1 amide bonds. The molecule has 18 heavy (non-hydrogen) atoms. The van der Waals surface area contributed by atoms with E-state index < -0.39 is 0 Å². The predicted octanol–water partition coefficient (Wildman–Crippen LogP) is -0.0618. The van der Waals surface area contributed by atoms with Crippen molar-refractivity contribution >= 4 is 29.3 Å². The lowest BCUT2D eigenvalue weighted by Crippen LogP contribution is -2.40. The number of carbonyl (C=O) groups is 1. The number of nitrogens with two attached hydrogens (primary N) is 2. The molecule has 2 heterocycles. The average Bonchev–Trinajstić information content (AvgIpc) is 2.87. The quantitative estimate of drug-likeness (QED) is 0.303. The molecule has 1 aliphatic rings. The van der Waals surface area contributed by atoms with Gasteiger partial charge in [-0.1, -0.05) is 11.8 Å². The lowest BCUT2D eigenvalue weighted by Gasteiger charge is -2.23. The standard InChI is InChI=1S/C10H16N6OS/c1-18-10-13-7(15-12)5-8(14-10)16-4-2-3-6(16)9(11)17/h5-6H,2-4,12H2,1H3,(H2,11,17)(H,13,14,15). The van der Waals surface area contributed by atoms with E-state index in [1.54, 1.807) is 6.07 Å². The predicted molar refractivity (Wildman–Crippen MR) is 71.2 cm³/mol. The molecule has 0 radical (unpaired) electrons. The first kappa shape index (κ1) is 12.9. The van der Waals surface area contributed by atoms with Gasteiger partial charge in [-0.3, -0.25) is 4.79 Å². The van der Waals surface area contributed by atoms with Gasteiger partial charge in [-0.15, -0.1) is 0 Å². The second-order valence-corrected chi connectivity index (χ2v) is 4.77. The summed E-state index contributed by atoms with van der Waals surface area (Å²) < 4.78 is 0. The van der Waals surface area contributed by atoms with Crippen molar-refractivity contribution in [1.82, 2.24) is 9.97 Å². The summed E-state index contributed by atoms with van der Waals surface area (Å²) >= 11 is 1.42. The summed E-state index contributed by atoms with van der Waals surface area (Å²) in [6, 6.07) is 1.43. The van der Waals surface area contributed by atoms with Gasteiger partial charge in [0.25, 0.3) is 0 Å². The lowest BCUT2D eigenvalue weighted by molar-refractivity contribution is -0.119. The van der Waals surface area contributed by atoms with E-state index >= 15 is 0 Å². The fourth-order valence-electron chi connectivity index (χ4n) is 2.06. The largest absolute Gasteiger partial charge is 0.368 e. The van der Waals surface area contributed by atoms with Crippen molar-refractivity contribution in [3.63, 3.8) is 0 Å². The number of amides is 1. The Morgan fingerprint density at radius 3 is 3.00 bits per heavy atom. The van der Waals surface area contributed by atoms with Crippen LogP contribution in [0.1, 0.15) is 12.8 Å². The van der Waals surface area contributed by atoms with Crippen molar-refractivity contribution in [2.45, 2.75) is 24.0 Å². The van der Waals surface area contributed by atoms with Crippen LogP contribution in [0.4, 0.5) is 11.6 Å².